The molecule has 1 unspecified atom stereocenters. The Hall–Kier alpha value is -0.0400. The van der Waals surface area contributed by atoms with Crippen molar-refractivity contribution in [1.82, 2.24) is 15.5 Å². The molecule has 2 rings (SSSR count). The normalized spacial score (nSPS) is 30.8. The summed E-state index contributed by atoms with van der Waals surface area (Å²) in [6.45, 7) is 7.60. The van der Waals surface area contributed by atoms with Crippen LogP contribution < -0.4 is 10.6 Å². The van der Waals surface area contributed by atoms with Crippen molar-refractivity contribution in [1.29, 1.82) is 0 Å². The summed E-state index contributed by atoms with van der Waals surface area (Å²) in [6.07, 6.45) is 7.89. The third-order valence-electron chi connectivity index (χ3n) is 4.83. The quantitative estimate of drug-likeness (QED) is 0.427. The highest BCUT2D eigenvalue weighted by Gasteiger charge is 2.21. The van der Waals surface area contributed by atoms with Gasteiger partial charge in [0.2, 0.25) is 0 Å². The van der Waals surface area contributed by atoms with Crippen LogP contribution in [0.4, 0.5) is 0 Å². The van der Waals surface area contributed by atoms with Gasteiger partial charge in [0.1, 0.15) is 0 Å². The van der Waals surface area contributed by atoms with E-state index < -0.39 is 0 Å². The summed E-state index contributed by atoms with van der Waals surface area (Å²) in [6, 6.07) is 1.25. The minimum absolute atomic E-state index is 0. The Morgan fingerprint density at radius 2 is 1.90 bits per heavy atom. The number of aliphatic imine (C=N–C) groups is 1. The number of halogens is 1. The van der Waals surface area contributed by atoms with E-state index in [1.165, 1.54) is 45.1 Å². The molecular formula is C16H33IN4. The molecule has 21 heavy (non-hydrogen) atoms. The molecule has 2 aliphatic rings. The van der Waals surface area contributed by atoms with Gasteiger partial charge in [-0.15, -0.1) is 24.0 Å². The first-order valence-electron chi connectivity index (χ1n) is 8.44. The molecule has 4 nitrogen and oxygen atoms in total. The number of guanidine groups is 1. The molecule has 1 atom stereocenters. The molecule has 2 N–H and O–H groups in total. The molecule has 2 fully saturated rings. The Kier molecular flexibility index (Phi) is 8.94. The third-order valence-corrected chi connectivity index (χ3v) is 4.83. The molecule has 0 spiro atoms. The Morgan fingerprint density at radius 1 is 1.19 bits per heavy atom. The minimum atomic E-state index is 0. The molecule has 0 bridgehead atoms. The minimum Gasteiger partial charge on any atom is -0.357 e. The monoisotopic (exact) mass is 408 g/mol. The van der Waals surface area contributed by atoms with Crippen molar-refractivity contribution in [3.63, 3.8) is 0 Å². The third kappa shape index (κ3) is 6.30. The predicted octanol–water partition coefficient (Wildman–Crippen LogP) is 2.83. The van der Waals surface area contributed by atoms with Gasteiger partial charge < -0.3 is 15.5 Å². The second-order valence-corrected chi connectivity index (χ2v) is 6.60. The average Bonchev–Trinajstić information content (AvgIpc) is 2.84. The van der Waals surface area contributed by atoms with Crippen LogP contribution in [0.2, 0.25) is 0 Å². The van der Waals surface area contributed by atoms with Crippen LogP contribution in [0.15, 0.2) is 4.99 Å². The average molecular weight is 408 g/mol. The van der Waals surface area contributed by atoms with Crippen molar-refractivity contribution in [3.05, 3.63) is 0 Å². The molecule has 0 radical (unpaired) electrons. The Labute approximate surface area is 147 Å². The van der Waals surface area contributed by atoms with Crippen molar-refractivity contribution in [3.8, 4) is 0 Å². The topological polar surface area (TPSA) is 39.7 Å². The van der Waals surface area contributed by atoms with Gasteiger partial charge in [0.05, 0.1) is 6.54 Å². The summed E-state index contributed by atoms with van der Waals surface area (Å²) < 4.78 is 0. The fraction of sp³-hybridized carbons (Fsp3) is 0.938. The molecule has 1 aliphatic carbocycles. The zero-order valence-electron chi connectivity index (χ0n) is 13.9. The van der Waals surface area contributed by atoms with Crippen LogP contribution in [0.5, 0.6) is 0 Å². The second-order valence-electron chi connectivity index (χ2n) is 6.60. The van der Waals surface area contributed by atoms with Gasteiger partial charge in [-0.1, -0.05) is 6.92 Å². The van der Waals surface area contributed by atoms with Crippen LogP contribution in [0.3, 0.4) is 0 Å². The van der Waals surface area contributed by atoms with Crippen LogP contribution in [-0.4, -0.2) is 49.6 Å². The van der Waals surface area contributed by atoms with E-state index in [0.717, 1.165) is 25.0 Å². The molecular weight excluding hydrogens is 375 g/mol. The van der Waals surface area contributed by atoms with Crippen molar-refractivity contribution in [2.45, 2.75) is 64.5 Å². The van der Waals surface area contributed by atoms with E-state index in [1.807, 2.05) is 0 Å². The van der Waals surface area contributed by atoms with Crippen LogP contribution >= 0.6 is 24.0 Å². The summed E-state index contributed by atoms with van der Waals surface area (Å²) >= 11 is 0. The van der Waals surface area contributed by atoms with E-state index in [1.54, 1.807) is 0 Å². The lowest BCUT2D eigenvalue weighted by Crippen LogP contribution is -2.45. The Balaban J connectivity index is 0.00000220. The van der Waals surface area contributed by atoms with E-state index in [4.69, 9.17) is 4.99 Å². The first-order valence-corrected chi connectivity index (χ1v) is 8.44. The van der Waals surface area contributed by atoms with Gasteiger partial charge in [0, 0.05) is 18.6 Å². The van der Waals surface area contributed by atoms with Crippen LogP contribution in [0.25, 0.3) is 0 Å². The van der Waals surface area contributed by atoms with E-state index >= 15 is 0 Å². The summed E-state index contributed by atoms with van der Waals surface area (Å²) in [5.74, 6) is 1.92. The number of likely N-dealkylation sites (N-methyl/N-ethyl adjacent to an activating group) is 1. The maximum atomic E-state index is 4.81. The van der Waals surface area contributed by atoms with Crippen LogP contribution in [0.1, 0.15) is 52.4 Å². The maximum absolute atomic E-state index is 4.81. The van der Waals surface area contributed by atoms with Gasteiger partial charge >= 0.3 is 0 Å². The lowest BCUT2D eigenvalue weighted by Gasteiger charge is -2.28. The standard InChI is InChI=1S/C16H32N4.HI/c1-4-17-16(18-12-15-6-5-11-20(15)3)19-14-9-7-13(2)8-10-14;/h13-15H,4-12H2,1-3H3,(H2,17,18,19);1H. The largest absolute Gasteiger partial charge is 0.357 e. The van der Waals surface area contributed by atoms with E-state index in [-0.39, 0.29) is 24.0 Å². The first kappa shape index (κ1) is 19.0. The molecule has 5 heteroatoms. The zero-order valence-corrected chi connectivity index (χ0v) is 16.2. The molecule has 1 heterocycles. The van der Waals surface area contributed by atoms with E-state index in [9.17, 15) is 0 Å². The SMILES string of the molecule is CCNC(=NCC1CCCN1C)NC1CCC(C)CC1.I. The summed E-state index contributed by atoms with van der Waals surface area (Å²) in [7, 11) is 2.22. The number of rotatable bonds is 4. The van der Waals surface area contributed by atoms with Crippen molar-refractivity contribution in [2.75, 3.05) is 26.7 Å². The lowest BCUT2D eigenvalue weighted by atomic mass is 9.87. The van der Waals surface area contributed by atoms with Gasteiger partial charge in [-0.3, -0.25) is 4.99 Å². The van der Waals surface area contributed by atoms with Gasteiger partial charge in [-0.2, -0.15) is 0 Å². The number of hydrogen-bond acceptors (Lipinski definition) is 2. The Morgan fingerprint density at radius 3 is 2.48 bits per heavy atom. The fourth-order valence-electron chi connectivity index (χ4n) is 3.32. The van der Waals surface area contributed by atoms with E-state index in [2.05, 4.69) is 36.4 Å². The van der Waals surface area contributed by atoms with Gasteiger partial charge in [0.15, 0.2) is 5.96 Å². The number of hydrogen-bond donors (Lipinski definition) is 2. The summed E-state index contributed by atoms with van der Waals surface area (Å²) in [5, 5.41) is 7.04. The summed E-state index contributed by atoms with van der Waals surface area (Å²) in [4.78, 5) is 7.25. The van der Waals surface area contributed by atoms with Crippen molar-refractivity contribution in [2.24, 2.45) is 10.9 Å². The molecule has 124 valence electrons. The van der Waals surface area contributed by atoms with Crippen LogP contribution in [-0.2, 0) is 0 Å². The molecule has 1 saturated carbocycles. The highest BCUT2D eigenvalue weighted by molar-refractivity contribution is 14.0. The maximum Gasteiger partial charge on any atom is 0.191 e. The summed E-state index contributed by atoms with van der Waals surface area (Å²) in [5.41, 5.74) is 0. The van der Waals surface area contributed by atoms with Gasteiger partial charge in [-0.05, 0) is 65.0 Å². The lowest BCUT2D eigenvalue weighted by molar-refractivity contribution is 0.315. The predicted molar refractivity (Wildman–Crippen MR) is 102 cm³/mol. The highest BCUT2D eigenvalue weighted by Crippen LogP contribution is 2.23. The molecule has 1 aliphatic heterocycles. The van der Waals surface area contributed by atoms with E-state index in [0.29, 0.717) is 12.1 Å². The molecule has 0 amide bonds. The van der Waals surface area contributed by atoms with Crippen molar-refractivity contribution < 1.29 is 0 Å². The fourth-order valence-corrected chi connectivity index (χ4v) is 3.32. The number of likely N-dealkylation sites (tertiary alicyclic amines) is 1. The Bertz CT molecular complexity index is 313. The highest BCUT2D eigenvalue weighted by atomic mass is 127. The zero-order chi connectivity index (χ0) is 14.4. The molecule has 1 saturated heterocycles. The number of nitrogens with one attached hydrogen (secondary N) is 2. The van der Waals surface area contributed by atoms with Gasteiger partial charge in [-0.25, -0.2) is 0 Å². The molecule has 0 aromatic heterocycles. The van der Waals surface area contributed by atoms with Crippen molar-refractivity contribution >= 4 is 29.9 Å². The van der Waals surface area contributed by atoms with Gasteiger partial charge in [0.25, 0.3) is 0 Å². The first-order chi connectivity index (χ1) is 9.69. The van der Waals surface area contributed by atoms with Crippen LogP contribution in [0, 0.1) is 5.92 Å². The number of nitrogens with zero attached hydrogens (tertiary/aromatic N) is 2. The molecule has 0 aromatic carbocycles. The molecule has 0 aromatic rings. The second kappa shape index (κ2) is 9.87. The smallest absolute Gasteiger partial charge is 0.191 e.